The van der Waals surface area contributed by atoms with E-state index in [-0.39, 0.29) is 0 Å². The zero-order chi connectivity index (χ0) is 12.1. The lowest BCUT2D eigenvalue weighted by Crippen LogP contribution is -3.13. The van der Waals surface area contributed by atoms with E-state index in [2.05, 4.69) is 15.2 Å². The first kappa shape index (κ1) is 11.9. The summed E-state index contributed by atoms with van der Waals surface area (Å²) in [6.07, 6.45) is 4.38. The van der Waals surface area contributed by atoms with Gasteiger partial charge in [0.15, 0.2) is 0 Å². The molecule has 1 aliphatic rings. The van der Waals surface area contributed by atoms with E-state index in [1.54, 1.807) is 6.20 Å². The third-order valence-electron chi connectivity index (χ3n) is 2.68. The summed E-state index contributed by atoms with van der Waals surface area (Å²) in [6, 6.07) is 3.90. The molecule has 90 valence electrons. The number of hydrogen-bond acceptors (Lipinski definition) is 4. The highest BCUT2D eigenvalue weighted by atomic mass is 16.5. The molecule has 0 saturated heterocycles. The third-order valence-corrected chi connectivity index (χ3v) is 2.68. The van der Waals surface area contributed by atoms with Crippen molar-refractivity contribution in [1.29, 1.82) is 0 Å². The minimum atomic E-state index is 0.697. The van der Waals surface area contributed by atoms with E-state index in [0.717, 1.165) is 35.2 Å². The fourth-order valence-electron chi connectivity index (χ4n) is 1.72. The Bertz CT molecular complexity index is 427. The van der Waals surface area contributed by atoms with Crippen LogP contribution in [0.5, 0.6) is 0 Å². The summed E-state index contributed by atoms with van der Waals surface area (Å²) < 4.78 is 5.33. The van der Waals surface area contributed by atoms with Crippen LogP contribution in [0.3, 0.4) is 0 Å². The summed E-state index contributed by atoms with van der Waals surface area (Å²) >= 11 is 0. The Balaban J connectivity index is 1.98. The van der Waals surface area contributed by atoms with Crippen molar-refractivity contribution in [3.63, 3.8) is 0 Å². The van der Waals surface area contributed by atoms with Crippen molar-refractivity contribution < 1.29 is 9.64 Å². The van der Waals surface area contributed by atoms with Crippen molar-refractivity contribution in [3.05, 3.63) is 30.1 Å². The normalized spacial score (nSPS) is 19.1. The zero-order valence-corrected chi connectivity index (χ0v) is 10.2. The quantitative estimate of drug-likeness (QED) is 0.733. The summed E-state index contributed by atoms with van der Waals surface area (Å²) in [6.45, 7) is 3.43. The first-order valence-electron chi connectivity index (χ1n) is 5.80. The van der Waals surface area contributed by atoms with Crippen LogP contribution < -0.4 is 4.90 Å². The average Bonchev–Trinajstić information content (AvgIpc) is 2.73. The van der Waals surface area contributed by atoms with Gasteiger partial charge in [0.25, 0.3) is 5.84 Å². The molecule has 1 unspecified atom stereocenters. The van der Waals surface area contributed by atoms with E-state index in [0.29, 0.717) is 6.61 Å². The zero-order valence-electron chi connectivity index (χ0n) is 10.2. The molecule has 0 bridgehead atoms. The standard InChI is InChI=1S/C12H16N4O/c1-3-17-8-6-11-14-15-12(16(11)2)10-5-4-7-13-9-10/h4-5,7,9H,3,6,8H2,1-2H3/p+1. The molecule has 17 heavy (non-hydrogen) atoms. The fourth-order valence-corrected chi connectivity index (χ4v) is 1.72. The second-order valence-electron chi connectivity index (χ2n) is 3.81. The van der Waals surface area contributed by atoms with Crippen molar-refractivity contribution in [2.24, 2.45) is 10.2 Å². The lowest BCUT2D eigenvalue weighted by Gasteiger charge is -2.09. The summed E-state index contributed by atoms with van der Waals surface area (Å²) in [5, 5.41) is 8.43. The number of pyridine rings is 1. The van der Waals surface area contributed by atoms with Crippen molar-refractivity contribution in [2.75, 3.05) is 20.3 Å². The smallest absolute Gasteiger partial charge is 0.260 e. The van der Waals surface area contributed by atoms with Gasteiger partial charge in [-0.1, -0.05) is 10.2 Å². The molecule has 5 heteroatoms. The Morgan fingerprint density at radius 2 is 2.24 bits per heavy atom. The topological polar surface area (TPSA) is 51.3 Å². The Morgan fingerprint density at radius 3 is 2.94 bits per heavy atom. The van der Waals surface area contributed by atoms with Crippen LogP contribution in [0.15, 0.2) is 34.7 Å². The van der Waals surface area contributed by atoms with Crippen molar-refractivity contribution in [3.8, 4) is 0 Å². The number of aromatic nitrogens is 1. The predicted octanol–water partition coefficient (Wildman–Crippen LogP) is 0.0966. The van der Waals surface area contributed by atoms with Gasteiger partial charge in [-0.2, -0.15) is 0 Å². The van der Waals surface area contributed by atoms with Gasteiger partial charge in [-0.25, -0.2) is 4.90 Å². The van der Waals surface area contributed by atoms with Crippen LogP contribution in [0, 0.1) is 0 Å². The van der Waals surface area contributed by atoms with Crippen molar-refractivity contribution >= 4 is 11.7 Å². The van der Waals surface area contributed by atoms with E-state index in [1.165, 1.54) is 0 Å². The summed E-state index contributed by atoms with van der Waals surface area (Å²) in [7, 11) is 2.05. The number of ether oxygens (including phenoxy) is 1. The van der Waals surface area contributed by atoms with Gasteiger partial charge in [-0.05, 0) is 19.1 Å². The number of amidine groups is 2. The molecule has 0 aromatic carbocycles. The second kappa shape index (κ2) is 5.65. The van der Waals surface area contributed by atoms with Crippen molar-refractivity contribution in [2.45, 2.75) is 13.3 Å². The van der Waals surface area contributed by atoms with E-state index >= 15 is 0 Å². The van der Waals surface area contributed by atoms with Gasteiger partial charge in [0.05, 0.1) is 25.6 Å². The van der Waals surface area contributed by atoms with Gasteiger partial charge in [-0.3, -0.25) is 4.98 Å². The maximum atomic E-state index is 5.33. The van der Waals surface area contributed by atoms with Gasteiger partial charge < -0.3 is 4.74 Å². The first-order chi connectivity index (χ1) is 8.33. The van der Waals surface area contributed by atoms with Gasteiger partial charge in [-0.15, -0.1) is 0 Å². The number of nitrogens with zero attached hydrogens (tertiary/aromatic N) is 3. The maximum absolute atomic E-state index is 5.33. The first-order valence-corrected chi connectivity index (χ1v) is 5.80. The molecule has 2 heterocycles. The lowest BCUT2D eigenvalue weighted by atomic mass is 10.2. The second-order valence-corrected chi connectivity index (χ2v) is 3.81. The molecule has 1 aromatic rings. The highest BCUT2D eigenvalue weighted by Crippen LogP contribution is 1.99. The maximum Gasteiger partial charge on any atom is 0.260 e. The van der Waals surface area contributed by atoms with Crippen LogP contribution in [-0.2, 0) is 4.74 Å². The van der Waals surface area contributed by atoms with Crippen molar-refractivity contribution in [1.82, 2.24) is 4.98 Å². The molecule has 0 radical (unpaired) electrons. The van der Waals surface area contributed by atoms with Gasteiger partial charge >= 0.3 is 0 Å². The molecule has 2 rings (SSSR count). The Hall–Kier alpha value is -1.59. The molecule has 0 spiro atoms. The van der Waals surface area contributed by atoms with Crippen LogP contribution >= 0.6 is 0 Å². The molecular formula is C12H17N4O+. The summed E-state index contributed by atoms with van der Waals surface area (Å²) in [4.78, 5) is 5.22. The van der Waals surface area contributed by atoms with Crippen LogP contribution in [0.4, 0.5) is 0 Å². The SMILES string of the molecule is CCOCCC1=NN=C(c2cccnc2)[NH+]1C. The minimum Gasteiger partial charge on any atom is -0.381 e. The van der Waals surface area contributed by atoms with E-state index in [9.17, 15) is 0 Å². The molecular weight excluding hydrogens is 216 g/mol. The highest BCUT2D eigenvalue weighted by molar-refractivity contribution is 6.00. The third kappa shape index (κ3) is 2.75. The highest BCUT2D eigenvalue weighted by Gasteiger charge is 2.26. The molecule has 1 aromatic heterocycles. The Morgan fingerprint density at radius 1 is 1.35 bits per heavy atom. The van der Waals surface area contributed by atoms with Crippen LogP contribution in [0.25, 0.3) is 0 Å². The summed E-state index contributed by atoms with van der Waals surface area (Å²) in [5.41, 5.74) is 1.01. The monoisotopic (exact) mass is 233 g/mol. The largest absolute Gasteiger partial charge is 0.381 e. The van der Waals surface area contributed by atoms with E-state index in [4.69, 9.17) is 4.74 Å². The number of nitrogens with one attached hydrogen (secondary N) is 1. The Labute approximate surface area is 101 Å². The molecule has 5 nitrogen and oxygen atoms in total. The lowest BCUT2D eigenvalue weighted by molar-refractivity contribution is -0.672. The molecule has 0 amide bonds. The van der Waals surface area contributed by atoms with Crippen LogP contribution in [-0.4, -0.2) is 36.9 Å². The average molecular weight is 233 g/mol. The Kier molecular flexibility index (Phi) is 3.95. The van der Waals surface area contributed by atoms with Crippen LogP contribution in [0.1, 0.15) is 18.9 Å². The van der Waals surface area contributed by atoms with Gasteiger partial charge in [0.1, 0.15) is 0 Å². The number of rotatable bonds is 5. The van der Waals surface area contributed by atoms with E-state index < -0.39 is 0 Å². The molecule has 0 fully saturated rings. The number of hydrogen-bond donors (Lipinski definition) is 1. The molecule has 1 atom stereocenters. The minimum absolute atomic E-state index is 0.697. The van der Waals surface area contributed by atoms with Gasteiger partial charge in [0, 0.05) is 19.0 Å². The van der Waals surface area contributed by atoms with Crippen LogP contribution in [0.2, 0.25) is 0 Å². The molecule has 0 saturated carbocycles. The number of quaternary nitrogens is 1. The molecule has 0 aliphatic carbocycles. The fraction of sp³-hybridized carbons (Fsp3) is 0.417. The molecule has 1 aliphatic heterocycles. The summed E-state index contributed by atoms with van der Waals surface area (Å²) in [5.74, 6) is 1.93. The van der Waals surface area contributed by atoms with Gasteiger partial charge in [0.2, 0.25) is 5.84 Å². The molecule has 1 N–H and O–H groups in total. The van der Waals surface area contributed by atoms with E-state index in [1.807, 2.05) is 32.3 Å². The predicted molar refractivity (Wildman–Crippen MR) is 66.2 cm³/mol.